The molecule has 0 spiro atoms. The van der Waals surface area contributed by atoms with E-state index in [2.05, 4.69) is 24.1 Å². The van der Waals surface area contributed by atoms with Crippen LogP contribution in [-0.2, 0) is 6.18 Å². The first-order chi connectivity index (χ1) is 9.30. The first kappa shape index (κ1) is 15.4. The van der Waals surface area contributed by atoms with Crippen LogP contribution < -0.4 is 10.2 Å². The van der Waals surface area contributed by atoms with Gasteiger partial charge < -0.3 is 10.2 Å². The molecule has 1 heterocycles. The topological polar surface area (TPSA) is 15.3 Å². The molecule has 1 fully saturated rings. The van der Waals surface area contributed by atoms with Crippen LogP contribution in [0.4, 0.5) is 18.9 Å². The fourth-order valence-electron chi connectivity index (χ4n) is 2.54. The van der Waals surface area contributed by atoms with Gasteiger partial charge in [-0.15, -0.1) is 0 Å². The largest absolute Gasteiger partial charge is 0.416 e. The monoisotopic (exact) mass is 306 g/mol. The minimum atomic E-state index is -4.36. The lowest BCUT2D eigenvalue weighted by atomic mass is 9.99. The van der Waals surface area contributed by atoms with Crippen molar-refractivity contribution in [1.29, 1.82) is 0 Å². The lowest BCUT2D eigenvalue weighted by molar-refractivity contribution is -0.137. The first-order valence-electron chi connectivity index (χ1n) is 6.65. The van der Waals surface area contributed by atoms with Crippen LogP contribution >= 0.6 is 11.6 Å². The van der Waals surface area contributed by atoms with Crippen molar-refractivity contribution in [2.45, 2.75) is 26.1 Å². The molecule has 2 rings (SSSR count). The molecule has 1 unspecified atom stereocenters. The van der Waals surface area contributed by atoms with Crippen molar-refractivity contribution in [1.82, 2.24) is 5.32 Å². The number of alkyl halides is 3. The van der Waals surface area contributed by atoms with E-state index in [0.717, 1.165) is 31.8 Å². The summed E-state index contributed by atoms with van der Waals surface area (Å²) >= 11 is 6.08. The molecule has 1 aliphatic heterocycles. The number of piperazine rings is 1. The van der Waals surface area contributed by atoms with E-state index >= 15 is 0 Å². The molecule has 0 aromatic heterocycles. The van der Waals surface area contributed by atoms with Crippen molar-refractivity contribution >= 4 is 17.3 Å². The smallest absolute Gasteiger partial charge is 0.365 e. The summed E-state index contributed by atoms with van der Waals surface area (Å²) in [7, 11) is 0. The SMILES string of the molecule is CC(C)C1CNCCN1c1ccc(C(F)(F)F)cc1Cl. The molecular formula is C14H18ClF3N2. The summed E-state index contributed by atoms with van der Waals surface area (Å²) in [5.74, 6) is 0.390. The zero-order chi connectivity index (χ0) is 14.9. The Labute approximate surface area is 121 Å². The lowest BCUT2D eigenvalue weighted by Crippen LogP contribution is -2.53. The van der Waals surface area contributed by atoms with E-state index in [1.807, 2.05) is 0 Å². The number of halogens is 4. The Hall–Kier alpha value is -0.940. The average Bonchev–Trinajstić information content (AvgIpc) is 2.37. The third-order valence-corrected chi connectivity index (χ3v) is 3.94. The Morgan fingerprint density at radius 3 is 2.60 bits per heavy atom. The van der Waals surface area contributed by atoms with E-state index in [-0.39, 0.29) is 11.1 Å². The Balaban J connectivity index is 2.32. The third kappa shape index (κ3) is 3.20. The number of benzene rings is 1. The highest BCUT2D eigenvalue weighted by Gasteiger charge is 2.32. The predicted octanol–water partition coefficient (Wildman–Crippen LogP) is 3.79. The third-order valence-electron chi connectivity index (χ3n) is 3.64. The highest BCUT2D eigenvalue weighted by Crippen LogP contribution is 2.36. The van der Waals surface area contributed by atoms with Crippen LogP contribution in [-0.4, -0.2) is 25.7 Å². The highest BCUT2D eigenvalue weighted by molar-refractivity contribution is 6.33. The first-order valence-corrected chi connectivity index (χ1v) is 7.02. The van der Waals surface area contributed by atoms with Gasteiger partial charge in [0.25, 0.3) is 0 Å². The number of nitrogens with zero attached hydrogens (tertiary/aromatic N) is 1. The molecule has 0 radical (unpaired) electrons. The standard InChI is InChI=1S/C14H18ClF3N2/c1-9(2)13-8-19-5-6-20(13)12-4-3-10(7-11(12)15)14(16,17)18/h3-4,7,9,13,19H,5-6,8H2,1-2H3. The van der Waals surface area contributed by atoms with Gasteiger partial charge in [-0.3, -0.25) is 0 Å². The van der Waals surface area contributed by atoms with E-state index < -0.39 is 11.7 Å². The second-order valence-corrected chi connectivity index (χ2v) is 5.78. The molecule has 0 saturated carbocycles. The van der Waals surface area contributed by atoms with Gasteiger partial charge in [-0.25, -0.2) is 0 Å². The second-order valence-electron chi connectivity index (χ2n) is 5.37. The molecule has 112 valence electrons. The molecule has 0 amide bonds. The number of hydrogen-bond acceptors (Lipinski definition) is 2. The molecule has 0 bridgehead atoms. The normalized spacial score (nSPS) is 20.6. The van der Waals surface area contributed by atoms with Crippen LogP contribution in [0.3, 0.4) is 0 Å². The van der Waals surface area contributed by atoms with E-state index in [1.165, 1.54) is 6.07 Å². The van der Waals surface area contributed by atoms with Crippen LogP contribution in [0.25, 0.3) is 0 Å². The molecule has 1 aliphatic rings. The van der Waals surface area contributed by atoms with Gasteiger partial charge in [0.2, 0.25) is 0 Å². The molecule has 1 atom stereocenters. The summed E-state index contributed by atoms with van der Waals surface area (Å²) in [6, 6.07) is 3.82. The summed E-state index contributed by atoms with van der Waals surface area (Å²) in [6.07, 6.45) is -4.36. The van der Waals surface area contributed by atoms with Crippen molar-refractivity contribution in [3.63, 3.8) is 0 Å². The van der Waals surface area contributed by atoms with Gasteiger partial charge in [-0.05, 0) is 24.1 Å². The van der Waals surface area contributed by atoms with Crippen molar-refractivity contribution in [2.24, 2.45) is 5.92 Å². The Kier molecular flexibility index (Phi) is 4.49. The summed E-state index contributed by atoms with van der Waals surface area (Å²) in [6.45, 7) is 6.56. The van der Waals surface area contributed by atoms with Crippen LogP contribution in [0, 0.1) is 5.92 Å². The maximum absolute atomic E-state index is 12.7. The van der Waals surface area contributed by atoms with Crippen LogP contribution in [0.15, 0.2) is 18.2 Å². The fourth-order valence-corrected chi connectivity index (χ4v) is 2.83. The number of hydrogen-bond donors (Lipinski definition) is 1. The summed E-state index contributed by atoms with van der Waals surface area (Å²) < 4.78 is 38.0. The van der Waals surface area contributed by atoms with Gasteiger partial charge in [0.05, 0.1) is 16.3 Å². The second kappa shape index (κ2) is 5.82. The Morgan fingerprint density at radius 1 is 1.35 bits per heavy atom. The summed E-state index contributed by atoms with van der Waals surface area (Å²) in [5, 5.41) is 3.47. The molecule has 1 saturated heterocycles. The molecule has 1 aromatic rings. The summed E-state index contributed by atoms with van der Waals surface area (Å²) in [5.41, 5.74) is -0.0256. The van der Waals surface area contributed by atoms with Gasteiger partial charge in [-0.2, -0.15) is 13.2 Å². The van der Waals surface area contributed by atoms with E-state index in [0.29, 0.717) is 11.6 Å². The van der Waals surface area contributed by atoms with Crippen molar-refractivity contribution in [3.05, 3.63) is 28.8 Å². The van der Waals surface area contributed by atoms with Crippen molar-refractivity contribution in [2.75, 3.05) is 24.5 Å². The van der Waals surface area contributed by atoms with E-state index in [9.17, 15) is 13.2 Å². The molecule has 1 aromatic carbocycles. The fraction of sp³-hybridized carbons (Fsp3) is 0.571. The molecule has 2 nitrogen and oxygen atoms in total. The highest BCUT2D eigenvalue weighted by atomic mass is 35.5. The maximum Gasteiger partial charge on any atom is 0.416 e. The number of rotatable bonds is 2. The van der Waals surface area contributed by atoms with Crippen molar-refractivity contribution in [3.8, 4) is 0 Å². The molecular weight excluding hydrogens is 289 g/mol. The Bertz CT molecular complexity index is 474. The molecule has 20 heavy (non-hydrogen) atoms. The molecule has 6 heteroatoms. The summed E-state index contributed by atoms with van der Waals surface area (Å²) in [4.78, 5) is 2.10. The minimum Gasteiger partial charge on any atom is -0.365 e. The number of anilines is 1. The van der Waals surface area contributed by atoms with Crippen LogP contribution in [0.1, 0.15) is 19.4 Å². The quantitative estimate of drug-likeness (QED) is 0.894. The molecule has 1 N–H and O–H groups in total. The van der Waals surface area contributed by atoms with Crippen LogP contribution in [0.5, 0.6) is 0 Å². The van der Waals surface area contributed by atoms with Gasteiger partial charge in [0, 0.05) is 25.7 Å². The maximum atomic E-state index is 12.7. The average molecular weight is 307 g/mol. The zero-order valence-corrected chi connectivity index (χ0v) is 12.2. The zero-order valence-electron chi connectivity index (χ0n) is 11.5. The van der Waals surface area contributed by atoms with Crippen LogP contribution in [0.2, 0.25) is 5.02 Å². The molecule has 0 aliphatic carbocycles. The number of nitrogens with one attached hydrogen (secondary N) is 1. The van der Waals surface area contributed by atoms with Crippen molar-refractivity contribution < 1.29 is 13.2 Å². The van der Waals surface area contributed by atoms with Gasteiger partial charge >= 0.3 is 6.18 Å². The van der Waals surface area contributed by atoms with Gasteiger partial charge in [0.1, 0.15) is 0 Å². The van der Waals surface area contributed by atoms with E-state index in [1.54, 1.807) is 0 Å². The van der Waals surface area contributed by atoms with Gasteiger partial charge in [0.15, 0.2) is 0 Å². The predicted molar refractivity (Wildman–Crippen MR) is 75.3 cm³/mol. The lowest BCUT2D eigenvalue weighted by Gasteiger charge is -2.40. The minimum absolute atomic E-state index is 0.160. The van der Waals surface area contributed by atoms with E-state index in [4.69, 9.17) is 11.6 Å². The van der Waals surface area contributed by atoms with Gasteiger partial charge in [-0.1, -0.05) is 25.4 Å². The Morgan fingerprint density at radius 2 is 2.05 bits per heavy atom.